The molecule has 1 unspecified atom stereocenters. The standard InChI is InChI=1S/C17H25NO2/c1-3-20-14(2)17(19)18-11-9-16(10-12-18)13-15-7-5-4-6-8-15/h4-8,14,16H,3,9-13H2,1-2H3. The van der Waals surface area contributed by atoms with E-state index < -0.39 is 0 Å². The van der Waals surface area contributed by atoms with Crippen LogP contribution in [-0.4, -0.2) is 36.6 Å². The number of nitrogens with zero attached hydrogens (tertiary/aromatic N) is 1. The van der Waals surface area contributed by atoms with Gasteiger partial charge >= 0.3 is 0 Å². The molecule has 0 spiro atoms. The lowest BCUT2D eigenvalue weighted by molar-refractivity contribution is -0.143. The van der Waals surface area contributed by atoms with E-state index in [0.717, 1.165) is 32.4 Å². The van der Waals surface area contributed by atoms with Crippen molar-refractivity contribution in [1.29, 1.82) is 0 Å². The number of likely N-dealkylation sites (tertiary alicyclic amines) is 1. The lowest BCUT2D eigenvalue weighted by Crippen LogP contribution is -2.44. The fraction of sp³-hybridized carbons (Fsp3) is 0.588. The molecular weight excluding hydrogens is 250 g/mol. The Kier molecular flexibility index (Phi) is 5.60. The second kappa shape index (κ2) is 7.44. The van der Waals surface area contributed by atoms with Crippen molar-refractivity contribution in [2.24, 2.45) is 5.92 Å². The van der Waals surface area contributed by atoms with Gasteiger partial charge < -0.3 is 9.64 Å². The molecule has 1 aliphatic heterocycles. The topological polar surface area (TPSA) is 29.5 Å². The first kappa shape index (κ1) is 15.0. The minimum absolute atomic E-state index is 0.144. The van der Waals surface area contributed by atoms with E-state index in [4.69, 9.17) is 4.74 Å². The zero-order valence-electron chi connectivity index (χ0n) is 12.5. The summed E-state index contributed by atoms with van der Waals surface area (Å²) in [6.07, 6.45) is 3.02. The molecule has 1 aromatic rings. The van der Waals surface area contributed by atoms with Crippen molar-refractivity contribution in [3.63, 3.8) is 0 Å². The van der Waals surface area contributed by atoms with Gasteiger partial charge in [0.2, 0.25) is 0 Å². The highest BCUT2D eigenvalue weighted by molar-refractivity contribution is 5.80. The summed E-state index contributed by atoms with van der Waals surface area (Å²) in [7, 11) is 0. The molecule has 0 saturated carbocycles. The highest BCUT2D eigenvalue weighted by Gasteiger charge is 2.26. The Hall–Kier alpha value is -1.35. The number of carbonyl (C=O) groups is 1. The summed E-state index contributed by atoms with van der Waals surface area (Å²) in [5, 5.41) is 0. The maximum atomic E-state index is 12.2. The number of ether oxygens (including phenoxy) is 1. The smallest absolute Gasteiger partial charge is 0.251 e. The first-order chi connectivity index (χ1) is 9.70. The van der Waals surface area contributed by atoms with E-state index in [1.165, 1.54) is 5.56 Å². The molecule has 0 aliphatic carbocycles. The SMILES string of the molecule is CCOC(C)C(=O)N1CCC(Cc2ccccc2)CC1. The number of amides is 1. The summed E-state index contributed by atoms with van der Waals surface area (Å²) in [5.74, 6) is 0.842. The third-order valence-electron chi connectivity index (χ3n) is 4.06. The van der Waals surface area contributed by atoms with E-state index in [1.807, 2.05) is 18.7 Å². The van der Waals surface area contributed by atoms with E-state index in [9.17, 15) is 4.79 Å². The maximum Gasteiger partial charge on any atom is 0.251 e. The molecule has 0 radical (unpaired) electrons. The lowest BCUT2D eigenvalue weighted by Gasteiger charge is -2.33. The molecule has 3 heteroatoms. The Morgan fingerprint density at radius 3 is 2.55 bits per heavy atom. The molecule has 1 heterocycles. The Balaban J connectivity index is 1.79. The van der Waals surface area contributed by atoms with Crippen LogP contribution in [0.25, 0.3) is 0 Å². The van der Waals surface area contributed by atoms with Crippen molar-refractivity contribution in [3.8, 4) is 0 Å². The van der Waals surface area contributed by atoms with Crippen LogP contribution in [0.3, 0.4) is 0 Å². The number of carbonyl (C=O) groups excluding carboxylic acids is 1. The van der Waals surface area contributed by atoms with Crippen LogP contribution in [0, 0.1) is 5.92 Å². The Morgan fingerprint density at radius 1 is 1.30 bits per heavy atom. The molecule has 0 bridgehead atoms. The second-order valence-electron chi connectivity index (χ2n) is 5.56. The molecule has 20 heavy (non-hydrogen) atoms. The van der Waals surface area contributed by atoms with Crippen molar-refractivity contribution in [1.82, 2.24) is 4.90 Å². The van der Waals surface area contributed by atoms with Crippen LogP contribution >= 0.6 is 0 Å². The minimum Gasteiger partial charge on any atom is -0.369 e. The molecule has 0 N–H and O–H groups in total. The van der Waals surface area contributed by atoms with Gasteiger partial charge in [-0.1, -0.05) is 30.3 Å². The van der Waals surface area contributed by atoms with Crippen molar-refractivity contribution >= 4 is 5.91 Å². The number of piperidine rings is 1. The predicted molar refractivity (Wildman–Crippen MR) is 80.5 cm³/mol. The zero-order valence-corrected chi connectivity index (χ0v) is 12.5. The molecular formula is C17H25NO2. The lowest BCUT2D eigenvalue weighted by atomic mass is 9.90. The van der Waals surface area contributed by atoms with E-state index in [2.05, 4.69) is 30.3 Å². The fourth-order valence-electron chi connectivity index (χ4n) is 2.88. The van der Waals surface area contributed by atoms with E-state index in [0.29, 0.717) is 12.5 Å². The molecule has 2 rings (SSSR count). The average molecular weight is 275 g/mol. The van der Waals surface area contributed by atoms with Gasteiger partial charge in [0.05, 0.1) is 0 Å². The third-order valence-corrected chi connectivity index (χ3v) is 4.06. The Bertz CT molecular complexity index is 410. The van der Waals surface area contributed by atoms with Crippen LogP contribution in [0.5, 0.6) is 0 Å². The van der Waals surface area contributed by atoms with E-state index in [1.54, 1.807) is 0 Å². The molecule has 1 fully saturated rings. The van der Waals surface area contributed by atoms with E-state index in [-0.39, 0.29) is 12.0 Å². The summed E-state index contributed by atoms with van der Waals surface area (Å²) >= 11 is 0. The third kappa shape index (κ3) is 4.07. The van der Waals surface area contributed by atoms with Gasteiger partial charge in [0.25, 0.3) is 5.91 Å². The first-order valence-electron chi connectivity index (χ1n) is 7.65. The molecule has 0 aromatic heterocycles. The summed E-state index contributed by atoms with van der Waals surface area (Å²) in [4.78, 5) is 14.1. The average Bonchev–Trinajstić information content (AvgIpc) is 2.48. The summed E-state index contributed by atoms with van der Waals surface area (Å²) in [6, 6.07) is 10.6. The predicted octanol–water partition coefficient (Wildman–Crippen LogP) is 2.89. The monoisotopic (exact) mass is 275 g/mol. The quantitative estimate of drug-likeness (QED) is 0.827. The van der Waals surface area contributed by atoms with Crippen LogP contribution < -0.4 is 0 Å². The summed E-state index contributed by atoms with van der Waals surface area (Å²) < 4.78 is 5.39. The molecule has 1 amide bonds. The Labute approximate surface area is 121 Å². The van der Waals surface area contributed by atoms with Gasteiger partial charge in [0.15, 0.2) is 0 Å². The molecule has 3 nitrogen and oxygen atoms in total. The Morgan fingerprint density at radius 2 is 1.95 bits per heavy atom. The maximum absolute atomic E-state index is 12.2. The number of hydrogen-bond donors (Lipinski definition) is 0. The zero-order chi connectivity index (χ0) is 14.4. The molecule has 1 aliphatic rings. The van der Waals surface area contributed by atoms with Crippen LogP contribution in [-0.2, 0) is 16.0 Å². The largest absolute Gasteiger partial charge is 0.369 e. The van der Waals surface area contributed by atoms with Gasteiger partial charge in [-0.2, -0.15) is 0 Å². The van der Waals surface area contributed by atoms with Gasteiger partial charge in [-0.05, 0) is 44.6 Å². The van der Waals surface area contributed by atoms with Gasteiger partial charge in [0.1, 0.15) is 6.10 Å². The highest BCUT2D eigenvalue weighted by Crippen LogP contribution is 2.22. The summed E-state index contributed by atoms with van der Waals surface area (Å²) in [6.45, 7) is 6.11. The number of rotatable bonds is 5. The molecule has 110 valence electrons. The van der Waals surface area contributed by atoms with Crippen molar-refractivity contribution < 1.29 is 9.53 Å². The van der Waals surface area contributed by atoms with Gasteiger partial charge in [-0.25, -0.2) is 0 Å². The minimum atomic E-state index is -0.300. The van der Waals surface area contributed by atoms with E-state index >= 15 is 0 Å². The first-order valence-corrected chi connectivity index (χ1v) is 7.65. The fourth-order valence-corrected chi connectivity index (χ4v) is 2.88. The van der Waals surface area contributed by atoms with Crippen LogP contribution in [0.1, 0.15) is 32.3 Å². The van der Waals surface area contributed by atoms with Crippen molar-refractivity contribution in [3.05, 3.63) is 35.9 Å². The molecule has 1 aromatic carbocycles. The number of hydrogen-bond acceptors (Lipinski definition) is 2. The van der Waals surface area contributed by atoms with Gasteiger partial charge in [-0.3, -0.25) is 4.79 Å². The normalized spacial score (nSPS) is 18.0. The molecule has 1 saturated heterocycles. The highest BCUT2D eigenvalue weighted by atomic mass is 16.5. The van der Waals surface area contributed by atoms with Gasteiger partial charge in [0, 0.05) is 19.7 Å². The number of benzene rings is 1. The van der Waals surface area contributed by atoms with Crippen LogP contribution in [0.2, 0.25) is 0 Å². The summed E-state index contributed by atoms with van der Waals surface area (Å²) in [5.41, 5.74) is 1.40. The molecule has 1 atom stereocenters. The van der Waals surface area contributed by atoms with Crippen molar-refractivity contribution in [2.75, 3.05) is 19.7 Å². The second-order valence-corrected chi connectivity index (χ2v) is 5.56. The van der Waals surface area contributed by atoms with Gasteiger partial charge in [-0.15, -0.1) is 0 Å². The van der Waals surface area contributed by atoms with Crippen LogP contribution in [0.15, 0.2) is 30.3 Å². The van der Waals surface area contributed by atoms with Crippen molar-refractivity contribution in [2.45, 2.75) is 39.2 Å². The van der Waals surface area contributed by atoms with Crippen LogP contribution in [0.4, 0.5) is 0 Å².